The fourth-order valence-electron chi connectivity index (χ4n) is 3.65. The van der Waals surface area contributed by atoms with Crippen LogP contribution >= 0.6 is 0 Å². The molecule has 0 aliphatic heterocycles. The zero-order chi connectivity index (χ0) is 21.7. The number of rotatable bonds is 8. The number of ether oxygens (including phenoxy) is 2. The van der Waals surface area contributed by atoms with Crippen molar-refractivity contribution in [3.8, 4) is 11.1 Å². The Morgan fingerprint density at radius 1 is 1.03 bits per heavy atom. The van der Waals surface area contributed by atoms with E-state index in [1.807, 2.05) is 45.0 Å². The van der Waals surface area contributed by atoms with Gasteiger partial charge in [0.25, 0.3) is 0 Å². The molecule has 2 aromatic carbocycles. The summed E-state index contributed by atoms with van der Waals surface area (Å²) in [5.74, 6) is -0.934. The Kier molecular flexibility index (Phi) is 6.77. The molecule has 0 bridgehead atoms. The van der Waals surface area contributed by atoms with Gasteiger partial charge in [0.2, 0.25) is 0 Å². The first kappa shape index (κ1) is 21.8. The number of carbonyl (C=O) groups excluding carboxylic acids is 1. The molecule has 0 fully saturated rings. The lowest BCUT2D eigenvalue weighted by Crippen LogP contribution is -2.41. The van der Waals surface area contributed by atoms with Crippen LogP contribution in [0, 0.1) is 0 Å². The van der Waals surface area contributed by atoms with Crippen molar-refractivity contribution in [3.63, 3.8) is 0 Å². The number of amides is 1. The van der Waals surface area contributed by atoms with E-state index < -0.39 is 18.1 Å². The van der Waals surface area contributed by atoms with Crippen LogP contribution in [0.1, 0.15) is 50.7 Å². The number of carbonyl (C=O) groups is 2. The third-order valence-electron chi connectivity index (χ3n) is 5.09. The van der Waals surface area contributed by atoms with Crippen LogP contribution in [0.3, 0.4) is 0 Å². The van der Waals surface area contributed by atoms with Crippen molar-refractivity contribution in [1.29, 1.82) is 0 Å². The monoisotopic (exact) mass is 411 g/mol. The van der Waals surface area contributed by atoms with Crippen molar-refractivity contribution in [1.82, 2.24) is 5.32 Å². The van der Waals surface area contributed by atoms with Gasteiger partial charge in [-0.3, -0.25) is 4.79 Å². The van der Waals surface area contributed by atoms with Crippen LogP contribution in [0.5, 0.6) is 0 Å². The molecule has 0 heterocycles. The van der Waals surface area contributed by atoms with E-state index in [-0.39, 0.29) is 37.6 Å². The summed E-state index contributed by atoms with van der Waals surface area (Å²) in [6.07, 6.45) is -0.345. The smallest absolute Gasteiger partial charge is 0.407 e. The van der Waals surface area contributed by atoms with Gasteiger partial charge in [0.1, 0.15) is 6.61 Å². The maximum atomic E-state index is 12.5. The minimum absolute atomic E-state index is 0.0218. The molecule has 0 aromatic heterocycles. The Morgan fingerprint density at radius 3 is 2.13 bits per heavy atom. The molecule has 3 rings (SSSR count). The lowest BCUT2D eigenvalue weighted by molar-refractivity contribution is -0.137. The Morgan fingerprint density at radius 2 is 1.60 bits per heavy atom. The quantitative estimate of drug-likeness (QED) is 0.664. The molecule has 1 aliphatic carbocycles. The molecule has 0 spiro atoms. The number of aliphatic carboxylic acids is 1. The van der Waals surface area contributed by atoms with Crippen molar-refractivity contribution in [3.05, 3.63) is 59.7 Å². The number of benzene rings is 2. The first-order valence-corrected chi connectivity index (χ1v) is 10.2. The van der Waals surface area contributed by atoms with Gasteiger partial charge in [-0.05, 0) is 49.4 Å². The third-order valence-corrected chi connectivity index (χ3v) is 5.09. The van der Waals surface area contributed by atoms with E-state index >= 15 is 0 Å². The summed E-state index contributed by atoms with van der Waals surface area (Å²) in [7, 11) is 0. The van der Waals surface area contributed by atoms with Crippen molar-refractivity contribution in [2.24, 2.45) is 0 Å². The van der Waals surface area contributed by atoms with E-state index in [0.717, 1.165) is 11.1 Å². The molecule has 1 atom stereocenters. The van der Waals surface area contributed by atoms with Crippen molar-refractivity contribution in [2.75, 3.05) is 13.2 Å². The fraction of sp³-hybridized carbons (Fsp3) is 0.417. The molecule has 0 saturated carbocycles. The molecule has 0 radical (unpaired) electrons. The summed E-state index contributed by atoms with van der Waals surface area (Å²) in [5, 5.41) is 11.7. The largest absolute Gasteiger partial charge is 0.481 e. The number of hydrogen-bond acceptors (Lipinski definition) is 4. The normalized spacial score (nSPS) is 14.0. The highest BCUT2D eigenvalue weighted by Gasteiger charge is 2.29. The topological polar surface area (TPSA) is 84.9 Å². The maximum Gasteiger partial charge on any atom is 0.407 e. The summed E-state index contributed by atoms with van der Waals surface area (Å²) in [6, 6.07) is 15.9. The van der Waals surface area contributed by atoms with Gasteiger partial charge in [-0.25, -0.2) is 4.79 Å². The second-order valence-electron chi connectivity index (χ2n) is 8.52. The van der Waals surface area contributed by atoms with E-state index in [2.05, 4.69) is 29.6 Å². The predicted molar refractivity (Wildman–Crippen MR) is 115 cm³/mol. The molecule has 0 saturated heterocycles. The third kappa shape index (κ3) is 5.60. The first-order chi connectivity index (χ1) is 14.2. The molecule has 6 nitrogen and oxygen atoms in total. The summed E-state index contributed by atoms with van der Waals surface area (Å²) in [6.45, 7) is 6.17. The average Bonchev–Trinajstić information content (AvgIpc) is 3.01. The molecule has 1 unspecified atom stereocenters. The molecule has 30 heavy (non-hydrogen) atoms. The summed E-state index contributed by atoms with van der Waals surface area (Å²) < 4.78 is 11.3. The van der Waals surface area contributed by atoms with Crippen LogP contribution in [-0.2, 0) is 14.3 Å². The summed E-state index contributed by atoms with van der Waals surface area (Å²) >= 11 is 0. The van der Waals surface area contributed by atoms with Crippen molar-refractivity contribution >= 4 is 12.1 Å². The van der Waals surface area contributed by atoms with E-state index in [4.69, 9.17) is 14.6 Å². The van der Waals surface area contributed by atoms with Crippen LogP contribution in [0.2, 0.25) is 0 Å². The Hall–Kier alpha value is -2.86. The van der Waals surface area contributed by atoms with Crippen LogP contribution in [-0.4, -0.2) is 42.0 Å². The average molecular weight is 411 g/mol. The molecule has 6 heteroatoms. The number of alkyl carbamates (subject to hydrolysis) is 1. The fourth-order valence-corrected chi connectivity index (χ4v) is 3.65. The van der Waals surface area contributed by atoms with Crippen LogP contribution in [0.15, 0.2) is 48.5 Å². The molecular formula is C24H29NO5. The van der Waals surface area contributed by atoms with Crippen molar-refractivity contribution in [2.45, 2.75) is 51.2 Å². The highest BCUT2D eigenvalue weighted by Crippen LogP contribution is 2.44. The zero-order valence-corrected chi connectivity index (χ0v) is 17.7. The lowest BCUT2D eigenvalue weighted by Gasteiger charge is -2.25. The van der Waals surface area contributed by atoms with Crippen LogP contribution in [0.25, 0.3) is 11.1 Å². The highest BCUT2D eigenvalue weighted by atomic mass is 16.5. The number of fused-ring (bicyclic) bond motifs is 3. The summed E-state index contributed by atoms with van der Waals surface area (Å²) in [5.41, 5.74) is 4.24. The highest BCUT2D eigenvalue weighted by molar-refractivity contribution is 5.79. The molecule has 1 aliphatic rings. The summed E-state index contributed by atoms with van der Waals surface area (Å²) in [4.78, 5) is 23.4. The SMILES string of the molecule is CC(C)(C)OCC(CCC(=O)O)NC(=O)OCC1c2ccccc2-c2ccccc21. The van der Waals surface area contributed by atoms with E-state index in [1.165, 1.54) is 11.1 Å². The van der Waals surface area contributed by atoms with Crippen LogP contribution in [0.4, 0.5) is 4.79 Å². The van der Waals surface area contributed by atoms with E-state index in [9.17, 15) is 9.59 Å². The molecule has 2 N–H and O–H groups in total. The predicted octanol–water partition coefficient (Wildman–Crippen LogP) is 4.57. The second-order valence-corrected chi connectivity index (χ2v) is 8.52. The number of nitrogens with one attached hydrogen (secondary N) is 1. The lowest BCUT2D eigenvalue weighted by atomic mass is 9.98. The van der Waals surface area contributed by atoms with Gasteiger partial charge in [0, 0.05) is 12.3 Å². The Labute approximate surface area is 177 Å². The van der Waals surface area contributed by atoms with E-state index in [1.54, 1.807) is 0 Å². The number of hydrogen-bond donors (Lipinski definition) is 2. The minimum atomic E-state index is -0.912. The van der Waals surface area contributed by atoms with Gasteiger partial charge in [0.15, 0.2) is 0 Å². The Balaban J connectivity index is 1.63. The van der Waals surface area contributed by atoms with Crippen molar-refractivity contribution < 1.29 is 24.2 Å². The molecule has 160 valence electrons. The van der Waals surface area contributed by atoms with Gasteiger partial charge >= 0.3 is 12.1 Å². The number of carboxylic acid groups (broad SMARTS) is 1. The standard InChI is InChI=1S/C24H29NO5/c1-24(2,3)30-14-16(12-13-22(26)27)25-23(28)29-15-21-19-10-6-4-8-17(19)18-9-5-7-11-20(18)21/h4-11,16,21H,12-15H2,1-3H3,(H,25,28)(H,26,27). The zero-order valence-electron chi connectivity index (χ0n) is 17.7. The van der Waals surface area contributed by atoms with Crippen LogP contribution < -0.4 is 5.32 Å². The number of carboxylic acids is 1. The molecule has 2 aromatic rings. The Bertz CT molecular complexity index is 857. The molecular weight excluding hydrogens is 382 g/mol. The maximum absolute atomic E-state index is 12.5. The molecule has 1 amide bonds. The van der Waals surface area contributed by atoms with Gasteiger partial charge < -0.3 is 19.9 Å². The van der Waals surface area contributed by atoms with Gasteiger partial charge in [0.05, 0.1) is 18.2 Å². The first-order valence-electron chi connectivity index (χ1n) is 10.2. The van der Waals surface area contributed by atoms with Gasteiger partial charge in [-0.1, -0.05) is 48.5 Å². The minimum Gasteiger partial charge on any atom is -0.481 e. The second kappa shape index (κ2) is 9.30. The van der Waals surface area contributed by atoms with E-state index in [0.29, 0.717) is 0 Å². The van der Waals surface area contributed by atoms with Gasteiger partial charge in [-0.2, -0.15) is 0 Å². The van der Waals surface area contributed by atoms with Gasteiger partial charge in [-0.15, -0.1) is 0 Å².